The molecule has 0 bridgehead atoms. The molecule has 6 heteroatoms. The zero-order valence-corrected chi connectivity index (χ0v) is 12.3. The molecule has 1 aromatic carbocycles. The summed E-state index contributed by atoms with van der Waals surface area (Å²) in [6, 6.07) is 12.3. The van der Waals surface area contributed by atoms with Gasteiger partial charge in [0.05, 0.1) is 5.92 Å². The van der Waals surface area contributed by atoms with Crippen LogP contribution in [0.5, 0.6) is 0 Å². The van der Waals surface area contributed by atoms with Gasteiger partial charge in [-0.1, -0.05) is 30.3 Å². The fourth-order valence-corrected chi connectivity index (χ4v) is 3.02. The van der Waals surface area contributed by atoms with Gasteiger partial charge >= 0.3 is 5.97 Å². The van der Waals surface area contributed by atoms with E-state index in [1.165, 1.54) is 17.2 Å². The van der Waals surface area contributed by atoms with Crippen LogP contribution in [0.2, 0.25) is 0 Å². The van der Waals surface area contributed by atoms with Crippen molar-refractivity contribution >= 4 is 11.9 Å². The SMILES string of the molecule is O=C(O)C1CN(C(=O)c2ccc[nH]c2=O)CC1c1ccccc1. The van der Waals surface area contributed by atoms with E-state index in [1.807, 2.05) is 30.3 Å². The van der Waals surface area contributed by atoms with Gasteiger partial charge in [0.2, 0.25) is 0 Å². The van der Waals surface area contributed by atoms with E-state index in [9.17, 15) is 19.5 Å². The number of hydrogen-bond donors (Lipinski definition) is 2. The van der Waals surface area contributed by atoms with Gasteiger partial charge in [0.15, 0.2) is 0 Å². The summed E-state index contributed by atoms with van der Waals surface area (Å²) in [5.41, 5.74) is 0.454. The summed E-state index contributed by atoms with van der Waals surface area (Å²) >= 11 is 0. The van der Waals surface area contributed by atoms with Gasteiger partial charge in [0.25, 0.3) is 11.5 Å². The normalized spacial score (nSPS) is 20.4. The first-order valence-electron chi connectivity index (χ1n) is 7.32. The molecule has 3 rings (SSSR count). The van der Waals surface area contributed by atoms with Gasteiger partial charge in [-0.2, -0.15) is 0 Å². The molecule has 0 spiro atoms. The van der Waals surface area contributed by atoms with Crippen molar-refractivity contribution in [2.24, 2.45) is 5.92 Å². The van der Waals surface area contributed by atoms with Crippen LogP contribution >= 0.6 is 0 Å². The molecular weight excluding hydrogens is 296 g/mol. The van der Waals surface area contributed by atoms with Crippen LogP contribution in [0.15, 0.2) is 53.5 Å². The van der Waals surface area contributed by atoms with E-state index < -0.39 is 23.4 Å². The van der Waals surface area contributed by atoms with Gasteiger partial charge in [-0.15, -0.1) is 0 Å². The molecule has 2 aromatic rings. The topological polar surface area (TPSA) is 90.5 Å². The van der Waals surface area contributed by atoms with E-state index in [4.69, 9.17) is 0 Å². The zero-order chi connectivity index (χ0) is 16.4. The lowest BCUT2D eigenvalue weighted by atomic mass is 9.89. The third-order valence-corrected chi connectivity index (χ3v) is 4.20. The van der Waals surface area contributed by atoms with E-state index >= 15 is 0 Å². The van der Waals surface area contributed by atoms with E-state index in [0.29, 0.717) is 0 Å². The van der Waals surface area contributed by atoms with Crippen LogP contribution in [0.3, 0.4) is 0 Å². The Kier molecular flexibility index (Phi) is 3.97. The Morgan fingerprint density at radius 1 is 1.09 bits per heavy atom. The minimum absolute atomic E-state index is 0.0327. The predicted molar refractivity (Wildman–Crippen MR) is 83.3 cm³/mol. The van der Waals surface area contributed by atoms with Crippen molar-refractivity contribution < 1.29 is 14.7 Å². The number of carboxylic acid groups (broad SMARTS) is 1. The zero-order valence-electron chi connectivity index (χ0n) is 12.3. The Balaban J connectivity index is 1.89. The van der Waals surface area contributed by atoms with E-state index in [1.54, 1.807) is 6.07 Å². The third kappa shape index (κ3) is 2.88. The number of aliphatic carboxylic acids is 1. The molecule has 2 atom stereocenters. The average molecular weight is 312 g/mol. The summed E-state index contributed by atoms with van der Waals surface area (Å²) in [7, 11) is 0. The molecule has 1 amide bonds. The second-order valence-corrected chi connectivity index (χ2v) is 5.58. The molecule has 2 N–H and O–H groups in total. The Morgan fingerprint density at radius 3 is 2.48 bits per heavy atom. The molecular formula is C17H16N2O4. The van der Waals surface area contributed by atoms with Crippen molar-refractivity contribution in [3.8, 4) is 0 Å². The second-order valence-electron chi connectivity index (χ2n) is 5.58. The van der Waals surface area contributed by atoms with Crippen LogP contribution in [-0.2, 0) is 4.79 Å². The van der Waals surface area contributed by atoms with Crippen LogP contribution in [0.1, 0.15) is 21.8 Å². The first kappa shape index (κ1) is 15.0. The molecule has 1 aliphatic rings. The third-order valence-electron chi connectivity index (χ3n) is 4.20. The number of H-pyrrole nitrogens is 1. The van der Waals surface area contributed by atoms with Crippen LogP contribution in [0.4, 0.5) is 0 Å². The van der Waals surface area contributed by atoms with Crippen molar-refractivity contribution in [3.05, 3.63) is 70.1 Å². The predicted octanol–water partition coefficient (Wildman–Crippen LogP) is 1.32. The quantitative estimate of drug-likeness (QED) is 0.894. The van der Waals surface area contributed by atoms with Gasteiger partial charge in [-0.3, -0.25) is 14.4 Å². The summed E-state index contributed by atoms with van der Waals surface area (Å²) in [6.45, 7) is 0.385. The van der Waals surface area contributed by atoms with Crippen LogP contribution in [0.25, 0.3) is 0 Å². The molecule has 23 heavy (non-hydrogen) atoms. The van der Waals surface area contributed by atoms with E-state index in [-0.39, 0.29) is 24.6 Å². The highest BCUT2D eigenvalue weighted by Gasteiger charge is 2.40. The fraction of sp³-hybridized carbons (Fsp3) is 0.235. The number of aromatic nitrogens is 1. The first-order chi connectivity index (χ1) is 11.1. The lowest BCUT2D eigenvalue weighted by Crippen LogP contribution is -2.33. The van der Waals surface area contributed by atoms with E-state index in [2.05, 4.69) is 4.98 Å². The highest BCUT2D eigenvalue weighted by Crippen LogP contribution is 2.33. The summed E-state index contributed by atoms with van der Waals surface area (Å²) in [4.78, 5) is 39.7. The molecule has 6 nitrogen and oxygen atoms in total. The molecule has 1 aromatic heterocycles. The Bertz CT molecular complexity index is 784. The smallest absolute Gasteiger partial charge is 0.308 e. The number of amides is 1. The van der Waals surface area contributed by atoms with Gasteiger partial charge in [0, 0.05) is 25.2 Å². The Hall–Kier alpha value is -2.89. The van der Waals surface area contributed by atoms with Crippen molar-refractivity contribution in [2.45, 2.75) is 5.92 Å². The Labute approximate surface area is 132 Å². The number of carbonyl (C=O) groups is 2. The number of hydrogen-bond acceptors (Lipinski definition) is 3. The summed E-state index contributed by atoms with van der Waals surface area (Å²) < 4.78 is 0. The number of nitrogens with zero attached hydrogens (tertiary/aromatic N) is 1. The minimum atomic E-state index is -0.934. The highest BCUT2D eigenvalue weighted by atomic mass is 16.4. The standard InChI is InChI=1S/C17H16N2O4/c20-15-12(7-4-8-18-15)16(21)19-9-13(14(10-19)17(22)23)11-5-2-1-3-6-11/h1-8,13-14H,9-10H2,(H,18,20)(H,22,23). The molecule has 1 aliphatic heterocycles. The van der Waals surface area contributed by atoms with Gasteiger partial charge in [-0.05, 0) is 17.7 Å². The number of likely N-dealkylation sites (tertiary alicyclic amines) is 1. The molecule has 1 saturated heterocycles. The monoisotopic (exact) mass is 312 g/mol. The number of benzene rings is 1. The van der Waals surface area contributed by atoms with Gasteiger partial charge in [0.1, 0.15) is 5.56 Å². The molecule has 0 aliphatic carbocycles. The van der Waals surface area contributed by atoms with E-state index in [0.717, 1.165) is 5.56 Å². The summed E-state index contributed by atoms with van der Waals surface area (Å²) in [5.74, 6) is -2.32. The average Bonchev–Trinajstić information content (AvgIpc) is 3.01. The summed E-state index contributed by atoms with van der Waals surface area (Å²) in [5, 5.41) is 9.46. The van der Waals surface area contributed by atoms with Crippen LogP contribution in [-0.4, -0.2) is 40.0 Å². The van der Waals surface area contributed by atoms with Crippen molar-refractivity contribution in [1.29, 1.82) is 0 Å². The number of rotatable bonds is 3. The van der Waals surface area contributed by atoms with Crippen LogP contribution in [0, 0.1) is 5.92 Å². The first-order valence-corrected chi connectivity index (χ1v) is 7.32. The van der Waals surface area contributed by atoms with Crippen molar-refractivity contribution in [3.63, 3.8) is 0 Å². The molecule has 0 radical (unpaired) electrons. The number of carbonyl (C=O) groups excluding carboxylic acids is 1. The largest absolute Gasteiger partial charge is 0.481 e. The van der Waals surface area contributed by atoms with Gasteiger partial charge in [-0.25, -0.2) is 0 Å². The van der Waals surface area contributed by atoms with Crippen molar-refractivity contribution in [2.75, 3.05) is 13.1 Å². The maximum Gasteiger partial charge on any atom is 0.308 e. The lowest BCUT2D eigenvalue weighted by molar-refractivity contribution is -0.141. The van der Waals surface area contributed by atoms with Crippen LogP contribution < -0.4 is 5.56 Å². The van der Waals surface area contributed by atoms with Crippen molar-refractivity contribution in [1.82, 2.24) is 9.88 Å². The molecule has 2 heterocycles. The number of carboxylic acids is 1. The van der Waals surface area contributed by atoms with Gasteiger partial charge < -0.3 is 15.0 Å². The molecule has 1 fully saturated rings. The minimum Gasteiger partial charge on any atom is -0.481 e. The highest BCUT2D eigenvalue weighted by molar-refractivity contribution is 5.94. The molecule has 118 valence electrons. The fourth-order valence-electron chi connectivity index (χ4n) is 3.02. The maximum absolute atomic E-state index is 12.5. The maximum atomic E-state index is 12.5. The lowest BCUT2D eigenvalue weighted by Gasteiger charge is -2.16. The second kappa shape index (κ2) is 6.08. The number of aromatic amines is 1. The molecule has 0 saturated carbocycles. The number of nitrogens with one attached hydrogen (secondary N) is 1. The Morgan fingerprint density at radius 2 is 1.83 bits per heavy atom. The molecule has 2 unspecified atom stereocenters. The number of pyridine rings is 1. The summed E-state index contributed by atoms with van der Waals surface area (Å²) in [6.07, 6.45) is 1.45.